The molecule has 0 spiro atoms. The molecule has 1 fully saturated rings. The van der Waals surface area contributed by atoms with E-state index in [0.29, 0.717) is 6.42 Å². The molecule has 2 rings (SSSR count). The minimum atomic E-state index is 0.108. The molecule has 0 unspecified atom stereocenters. The first kappa shape index (κ1) is 9.06. The van der Waals surface area contributed by atoms with Crippen LogP contribution in [0.1, 0.15) is 18.4 Å². The lowest BCUT2D eigenvalue weighted by Gasteiger charge is -2.29. The van der Waals surface area contributed by atoms with Crippen molar-refractivity contribution in [1.29, 1.82) is 0 Å². The number of hydrazine groups is 1. The van der Waals surface area contributed by atoms with Crippen molar-refractivity contribution in [1.82, 2.24) is 5.43 Å². The van der Waals surface area contributed by atoms with E-state index in [1.807, 2.05) is 17.1 Å². The van der Waals surface area contributed by atoms with Crippen molar-refractivity contribution in [2.75, 3.05) is 11.6 Å². The largest absolute Gasteiger partial charge is 0.286 e. The minimum Gasteiger partial charge on any atom is -0.286 e. The van der Waals surface area contributed by atoms with Gasteiger partial charge >= 0.3 is 0 Å². The van der Waals surface area contributed by atoms with E-state index in [1.165, 1.54) is 5.56 Å². The van der Waals surface area contributed by atoms with Gasteiger partial charge in [-0.05, 0) is 25.5 Å². The Morgan fingerprint density at radius 1 is 1.29 bits per heavy atom. The number of carbonyl (C=O) groups excluding carboxylic acids is 1. The molecule has 3 heteroatoms. The predicted octanol–water partition coefficient (Wildman–Crippen LogP) is 1.63. The predicted molar refractivity (Wildman–Crippen MR) is 55.9 cm³/mol. The third-order valence-corrected chi connectivity index (χ3v) is 2.39. The van der Waals surface area contributed by atoms with Crippen molar-refractivity contribution in [3.63, 3.8) is 0 Å². The summed E-state index contributed by atoms with van der Waals surface area (Å²) in [6.45, 7) is 2.95. The topological polar surface area (TPSA) is 32.3 Å². The highest BCUT2D eigenvalue weighted by atomic mass is 16.2. The van der Waals surface area contributed by atoms with Gasteiger partial charge in [-0.3, -0.25) is 15.2 Å². The van der Waals surface area contributed by atoms with Crippen LogP contribution in [0.3, 0.4) is 0 Å². The zero-order chi connectivity index (χ0) is 9.97. The van der Waals surface area contributed by atoms with Gasteiger partial charge in [0.1, 0.15) is 0 Å². The molecular formula is C11H14N2O. The summed E-state index contributed by atoms with van der Waals surface area (Å²) in [4.78, 5) is 11.2. The Bertz CT molecular complexity index is 332. The summed E-state index contributed by atoms with van der Waals surface area (Å²) in [5.74, 6) is 0.108. The molecule has 0 radical (unpaired) electrons. The summed E-state index contributed by atoms with van der Waals surface area (Å²) < 4.78 is 0. The Morgan fingerprint density at radius 3 is 2.64 bits per heavy atom. The van der Waals surface area contributed by atoms with Crippen molar-refractivity contribution >= 4 is 11.6 Å². The van der Waals surface area contributed by atoms with E-state index >= 15 is 0 Å². The Morgan fingerprint density at radius 2 is 2.00 bits per heavy atom. The number of nitrogens with zero attached hydrogens (tertiary/aromatic N) is 1. The smallest absolute Gasteiger partial charge is 0.238 e. The molecule has 1 aliphatic rings. The highest BCUT2D eigenvalue weighted by Gasteiger charge is 2.15. The Kier molecular flexibility index (Phi) is 2.39. The molecule has 0 aromatic heterocycles. The average Bonchev–Trinajstić information content (AvgIpc) is 2.19. The molecule has 1 aromatic carbocycles. The second-order valence-electron chi connectivity index (χ2n) is 3.63. The number of rotatable bonds is 1. The van der Waals surface area contributed by atoms with Gasteiger partial charge in [-0.1, -0.05) is 17.7 Å². The van der Waals surface area contributed by atoms with Gasteiger partial charge in [-0.2, -0.15) is 0 Å². The molecule has 14 heavy (non-hydrogen) atoms. The van der Waals surface area contributed by atoms with Crippen LogP contribution in [-0.4, -0.2) is 12.5 Å². The fraction of sp³-hybridized carbons (Fsp3) is 0.364. The summed E-state index contributed by atoms with van der Waals surface area (Å²) in [6, 6.07) is 8.16. The number of nitrogens with one attached hydrogen (secondary N) is 1. The number of carbonyl (C=O) groups is 1. The van der Waals surface area contributed by atoms with E-state index < -0.39 is 0 Å². The van der Waals surface area contributed by atoms with Gasteiger partial charge in [0.15, 0.2) is 0 Å². The summed E-state index contributed by atoms with van der Waals surface area (Å²) in [5, 5.41) is 1.91. The number of aryl methyl sites for hydroxylation is 1. The highest BCUT2D eigenvalue weighted by Crippen LogP contribution is 2.15. The quantitative estimate of drug-likeness (QED) is 0.730. The Labute approximate surface area is 83.7 Å². The van der Waals surface area contributed by atoms with Gasteiger partial charge in [-0.25, -0.2) is 0 Å². The van der Waals surface area contributed by atoms with Crippen molar-refractivity contribution in [3.8, 4) is 0 Å². The molecule has 0 saturated carbocycles. The monoisotopic (exact) mass is 190 g/mol. The molecule has 3 nitrogen and oxygen atoms in total. The number of hydrogen-bond acceptors (Lipinski definition) is 2. The maximum absolute atomic E-state index is 11.2. The Hall–Kier alpha value is -1.51. The van der Waals surface area contributed by atoms with Crippen molar-refractivity contribution in [2.45, 2.75) is 19.8 Å². The molecule has 0 atom stereocenters. The van der Waals surface area contributed by atoms with Crippen molar-refractivity contribution in [2.24, 2.45) is 0 Å². The molecule has 1 aromatic rings. The van der Waals surface area contributed by atoms with Crippen LogP contribution in [0.5, 0.6) is 0 Å². The number of benzene rings is 1. The summed E-state index contributed by atoms with van der Waals surface area (Å²) in [5.41, 5.74) is 5.14. The second-order valence-corrected chi connectivity index (χ2v) is 3.63. The van der Waals surface area contributed by atoms with Crippen LogP contribution in [0.2, 0.25) is 0 Å². The van der Waals surface area contributed by atoms with Gasteiger partial charge in [0, 0.05) is 13.0 Å². The van der Waals surface area contributed by atoms with Crippen LogP contribution >= 0.6 is 0 Å². The van der Waals surface area contributed by atoms with Crippen LogP contribution in [-0.2, 0) is 4.79 Å². The van der Waals surface area contributed by atoms with E-state index in [9.17, 15) is 4.79 Å². The van der Waals surface area contributed by atoms with Crippen LogP contribution < -0.4 is 10.4 Å². The molecular weight excluding hydrogens is 176 g/mol. The molecule has 1 heterocycles. The van der Waals surface area contributed by atoms with Gasteiger partial charge in [0.25, 0.3) is 0 Å². The minimum absolute atomic E-state index is 0.108. The zero-order valence-corrected chi connectivity index (χ0v) is 8.29. The lowest BCUT2D eigenvalue weighted by molar-refractivity contribution is -0.122. The molecule has 1 amide bonds. The average molecular weight is 190 g/mol. The second kappa shape index (κ2) is 3.70. The van der Waals surface area contributed by atoms with Crippen molar-refractivity contribution < 1.29 is 4.79 Å². The lowest BCUT2D eigenvalue weighted by Crippen LogP contribution is -2.46. The first-order chi connectivity index (χ1) is 6.75. The third-order valence-electron chi connectivity index (χ3n) is 2.39. The van der Waals surface area contributed by atoms with Gasteiger partial charge in [-0.15, -0.1) is 0 Å². The number of hydrogen-bond donors (Lipinski definition) is 1. The third kappa shape index (κ3) is 1.87. The molecule has 0 bridgehead atoms. The molecule has 1 saturated heterocycles. The van der Waals surface area contributed by atoms with E-state index in [-0.39, 0.29) is 5.91 Å². The molecule has 1 aliphatic heterocycles. The van der Waals surface area contributed by atoms with Gasteiger partial charge in [0.2, 0.25) is 5.91 Å². The van der Waals surface area contributed by atoms with E-state index in [0.717, 1.165) is 18.7 Å². The lowest BCUT2D eigenvalue weighted by atomic mass is 10.2. The summed E-state index contributed by atoms with van der Waals surface area (Å²) >= 11 is 0. The highest BCUT2D eigenvalue weighted by molar-refractivity contribution is 5.79. The molecule has 74 valence electrons. The number of amides is 1. The first-order valence-electron chi connectivity index (χ1n) is 4.89. The summed E-state index contributed by atoms with van der Waals surface area (Å²) in [6.07, 6.45) is 1.57. The van der Waals surface area contributed by atoms with E-state index in [1.54, 1.807) is 0 Å². The van der Waals surface area contributed by atoms with Crippen LogP contribution in [0.25, 0.3) is 0 Å². The van der Waals surface area contributed by atoms with E-state index in [2.05, 4.69) is 24.5 Å². The van der Waals surface area contributed by atoms with Crippen LogP contribution in [0.15, 0.2) is 24.3 Å². The standard InChI is InChI=1S/C11H14N2O/c1-9-4-6-10(7-5-9)13-8-2-3-11(14)12-13/h4-7H,2-3,8H2,1H3,(H,12,14). The fourth-order valence-electron chi connectivity index (χ4n) is 1.58. The van der Waals surface area contributed by atoms with Gasteiger partial charge < -0.3 is 0 Å². The zero-order valence-electron chi connectivity index (χ0n) is 8.29. The first-order valence-corrected chi connectivity index (χ1v) is 4.89. The van der Waals surface area contributed by atoms with Crippen LogP contribution in [0, 0.1) is 6.92 Å². The van der Waals surface area contributed by atoms with Crippen LogP contribution in [0.4, 0.5) is 5.69 Å². The SMILES string of the molecule is Cc1ccc(N2CCCC(=O)N2)cc1. The maximum atomic E-state index is 11.2. The molecule has 0 aliphatic carbocycles. The normalized spacial score (nSPS) is 16.6. The number of anilines is 1. The van der Waals surface area contributed by atoms with Crippen molar-refractivity contribution in [3.05, 3.63) is 29.8 Å². The van der Waals surface area contributed by atoms with Gasteiger partial charge in [0.05, 0.1) is 5.69 Å². The van der Waals surface area contributed by atoms with E-state index in [4.69, 9.17) is 0 Å². The molecule has 1 N–H and O–H groups in total. The maximum Gasteiger partial charge on any atom is 0.238 e. The Balaban J connectivity index is 2.14. The summed E-state index contributed by atoms with van der Waals surface area (Å²) in [7, 11) is 0. The fourth-order valence-corrected chi connectivity index (χ4v) is 1.58.